The minimum atomic E-state index is -0.773. The maximum atomic E-state index is 12.8. The number of carboxylic acids is 1. The molecule has 6 nitrogen and oxygen atoms in total. The van der Waals surface area contributed by atoms with Gasteiger partial charge >= 0.3 is 5.97 Å². The average molecular weight is 372 g/mol. The molecular formula is C21H28N2O4. The van der Waals surface area contributed by atoms with Crippen molar-refractivity contribution in [3.05, 3.63) is 35.4 Å². The van der Waals surface area contributed by atoms with Crippen LogP contribution in [0.3, 0.4) is 0 Å². The Kier molecular flexibility index (Phi) is 5.02. The van der Waals surface area contributed by atoms with Crippen LogP contribution in [0.4, 0.5) is 0 Å². The quantitative estimate of drug-likeness (QED) is 0.851. The average Bonchev–Trinajstić information content (AvgIpc) is 3.17. The van der Waals surface area contributed by atoms with Crippen LogP contribution in [0.1, 0.15) is 56.0 Å². The molecule has 0 spiro atoms. The highest BCUT2D eigenvalue weighted by molar-refractivity contribution is 5.95. The first kappa shape index (κ1) is 19.4. The summed E-state index contributed by atoms with van der Waals surface area (Å²) in [6, 6.07) is 7.17. The maximum Gasteiger partial charge on any atom is 0.311 e. The third-order valence-electron chi connectivity index (χ3n) is 5.92. The van der Waals surface area contributed by atoms with E-state index in [9.17, 15) is 19.5 Å². The molecular weight excluding hydrogens is 344 g/mol. The van der Waals surface area contributed by atoms with Gasteiger partial charge < -0.3 is 15.3 Å². The van der Waals surface area contributed by atoms with Gasteiger partial charge in [-0.1, -0.05) is 39.3 Å². The highest BCUT2D eigenvalue weighted by atomic mass is 16.4. The van der Waals surface area contributed by atoms with Crippen LogP contribution in [0, 0.1) is 16.7 Å². The van der Waals surface area contributed by atoms with E-state index in [0.29, 0.717) is 31.6 Å². The van der Waals surface area contributed by atoms with E-state index >= 15 is 0 Å². The van der Waals surface area contributed by atoms with E-state index in [0.717, 1.165) is 18.4 Å². The van der Waals surface area contributed by atoms with E-state index in [2.05, 4.69) is 5.32 Å². The second kappa shape index (κ2) is 6.98. The lowest BCUT2D eigenvalue weighted by Gasteiger charge is -2.23. The molecule has 1 heterocycles. The van der Waals surface area contributed by atoms with Gasteiger partial charge in [0.1, 0.15) is 0 Å². The summed E-state index contributed by atoms with van der Waals surface area (Å²) in [5.41, 5.74) is 0.280. The van der Waals surface area contributed by atoms with Crippen molar-refractivity contribution in [3.8, 4) is 0 Å². The molecule has 3 rings (SSSR count). The SMILES string of the molecule is CC(C)(C)C(=O)NCc1ccc(C(=O)N2C[C@@H]3CCC[C@@]3(C(=O)O)C2)cc1. The van der Waals surface area contributed by atoms with Gasteiger partial charge in [-0.15, -0.1) is 0 Å². The Morgan fingerprint density at radius 2 is 1.89 bits per heavy atom. The molecule has 1 aliphatic heterocycles. The zero-order valence-electron chi connectivity index (χ0n) is 16.2. The summed E-state index contributed by atoms with van der Waals surface area (Å²) in [7, 11) is 0. The number of carboxylic acid groups (broad SMARTS) is 1. The number of fused-ring (bicyclic) bond motifs is 1. The molecule has 2 amide bonds. The molecule has 1 aromatic carbocycles. The normalized spacial score (nSPS) is 24.6. The van der Waals surface area contributed by atoms with Crippen LogP contribution >= 0.6 is 0 Å². The molecule has 0 bridgehead atoms. The number of likely N-dealkylation sites (tertiary alicyclic amines) is 1. The summed E-state index contributed by atoms with van der Waals surface area (Å²) in [6.07, 6.45) is 2.46. The summed E-state index contributed by atoms with van der Waals surface area (Å²) >= 11 is 0. The summed E-state index contributed by atoms with van der Waals surface area (Å²) < 4.78 is 0. The van der Waals surface area contributed by atoms with E-state index in [4.69, 9.17) is 0 Å². The Balaban J connectivity index is 1.63. The third-order valence-corrected chi connectivity index (χ3v) is 5.92. The highest BCUT2D eigenvalue weighted by Gasteiger charge is 2.55. The molecule has 2 N–H and O–H groups in total. The Bertz CT molecular complexity index is 750. The Morgan fingerprint density at radius 1 is 1.22 bits per heavy atom. The lowest BCUT2D eigenvalue weighted by molar-refractivity contribution is -0.149. The van der Waals surface area contributed by atoms with Crippen LogP contribution < -0.4 is 5.32 Å². The number of hydrogen-bond acceptors (Lipinski definition) is 3. The number of aliphatic carboxylic acids is 1. The smallest absolute Gasteiger partial charge is 0.311 e. The molecule has 0 aromatic heterocycles. The summed E-state index contributed by atoms with van der Waals surface area (Å²) in [5.74, 6) is -0.850. The lowest BCUT2D eigenvalue weighted by atomic mass is 9.81. The number of nitrogens with zero attached hydrogens (tertiary/aromatic N) is 1. The molecule has 27 heavy (non-hydrogen) atoms. The number of hydrogen-bond donors (Lipinski definition) is 2. The van der Waals surface area contributed by atoms with Gasteiger partial charge in [-0.05, 0) is 36.5 Å². The van der Waals surface area contributed by atoms with Gasteiger partial charge in [-0.2, -0.15) is 0 Å². The zero-order valence-corrected chi connectivity index (χ0v) is 16.2. The maximum absolute atomic E-state index is 12.8. The van der Waals surface area contributed by atoms with E-state index in [1.54, 1.807) is 17.0 Å². The van der Waals surface area contributed by atoms with Crippen LogP contribution in [0.15, 0.2) is 24.3 Å². The molecule has 1 aliphatic carbocycles. The van der Waals surface area contributed by atoms with Crippen molar-refractivity contribution in [1.82, 2.24) is 10.2 Å². The standard InChI is InChI=1S/C21H28N2O4/c1-20(2,3)18(25)22-11-14-6-8-15(9-7-14)17(24)23-12-16-5-4-10-21(16,13-23)19(26)27/h6-9,16H,4-5,10-13H2,1-3H3,(H,22,25)(H,26,27)/t16-,21+/m0/s1. The van der Waals surface area contributed by atoms with Crippen LogP contribution in [0.5, 0.6) is 0 Å². The van der Waals surface area contributed by atoms with Gasteiger partial charge in [0.05, 0.1) is 5.41 Å². The number of amides is 2. The zero-order chi connectivity index (χ0) is 19.8. The van der Waals surface area contributed by atoms with Crippen molar-refractivity contribution < 1.29 is 19.5 Å². The molecule has 2 fully saturated rings. The molecule has 146 valence electrons. The van der Waals surface area contributed by atoms with Gasteiger partial charge in [-0.25, -0.2) is 0 Å². The van der Waals surface area contributed by atoms with Crippen molar-refractivity contribution >= 4 is 17.8 Å². The fraction of sp³-hybridized carbons (Fsp3) is 0.571. The molecule has 2 aliphatic rings. The predicted molar refractivity (Wildman–Crippen MR) is 101 cm³/mol. The third kappa shape index (κ3) is 3.70. The predicted octanol–water partition coefficient (Wildman–Crippen LogP) is 2.68. The monoisotopic (exact) mass is 372 g/mol. The van der Waals surface area contributed by atoms with E-state index in [-0.39, 0.29) is 17.7 Å². The molecule has 1 saturated carbocycles. The van der Waals surface area contributed by atoms with E-state index in [1.165, 1.54) is 0 Å². The van der Waals surface area contributed by atoms with E-state index < -0.39 is 16.8 Å². The topological polar surface area (TPSA) is 86.7 Å². The van der Waals surface area contributed by atoms with Crippen molar-refractivity contribution in [2.45, 2.75) is 46.6 Å². The molecule has 0 unspecified atom stereocenters. The Hall–Kier alpha value is -2.37. The number of rotatable bonds is 4. The van der Waals surface area contributed by atoms with Gasteiger partial charge in [0, 0.05) is 30.6 Å². The van der Waals surface area contributed by atoms with Crippen molar-refractivity contribution in [3.63, 3.8) is 0 Å². The fourth-order valence-electron chi connectivity index (χ4n) is 4.19. The van der Waals surface area contributed by atoms with Crippen LogP contribution in [-0.2, 0) is 16.1 Å². The number of benzene rings is 1. The van der Waals surface area contributed by atoms with Crippen LogP contribution in [-0.4, -0.2) is 40.9 Å². The number of carbonyl (C=O) groups is 3. The minimum absolute atomic E-state index is 0.0229. The molecule has 2 atom stereocenters. The van der Waals surface area contributed by atoms with Crippen LogP contribution in [0.2, 0.25) is 0 Å². The largest absolute Gasteiger partial charge is 0.481 e. The van der Waals surface area contributed by atoms with Crippen LogP contribution in [0.25, 0.3) is 0 Å². The Morgan fingerprint density at radius 3 is 2.44 bits per heavy atom. The fourth-order valence-corrected chi connectivity index (χ4v) is 4.19. The second-order valence-electron chi connectivity index (χ2n) is 8.87. The molecule has 6 heteroatoms. The Labute approximate surface area is 159 Å². The van der Waals surface area contributed by atoms with Gasteiger partial charge in [-0.3, -0.25) is 14.4 Å². The minimum Gasteiger partial charge on any atom is -0.481 e. The van der Waals surface area contributed by atoms with Crippen molar-refractivity contribution in [2.24, 2.45) is 16.7 Å². The van der Waals surface area contributed by atoms with Gasteiger partial charge in [0.2, 0.25) is 5.91 Å². The molecule has 1 saturated heterocycles. The van der Waals surface area contributed by atoms with E-state index in [1.807, 2.05) is 32.9 Å². The van der Waals surface area contributed by atoms with Gasteiger partial charge in [0.25, 0.3) is 5.91 Å². The second-order valence-corrected chi connectivity index (χ2v) is 8.87. The van der Waals surface area contributed by atoms with Crippen molar-refractivity contribution in [2.75, 3.05) is 13.1 Å². The molecule has 1 aromatic rings. The first-order chi connectivity index (χ1) is 12.6. The number of nitrogens with one attached hydrogen (secondary N) is 1. The first-order valence-corrected chi connectivity index (χ1v) is 9.53. The highest BCUT2D eigenvalue weighted by Crippen LogP contribution is 2.49. The summed E-state index contributed by atoms with van der Waals surface area (Å²) in [4.78, 5) is 38.2. The van der Waals surface area contributed by atoms with Gasteiger partial charge in [0.15, 0.2) is 0 Å². The van der Waals surface area contributed by atoms with Crippen molar-refractivity contribution in [1.29, 1.82) is 0 Å². The number of carbonyl (C=O) groups excluding carboxylic acids is 2. The lowest BCUT2D eigenvalue weighted by Crippen LogP contribution is -2.37. The molecule has 0 radical (unpaired) electrons. The summed E-state index contributed by atoms with van der Waals surface area (Å²) in [6.45, 7) is 6.82. The summed E-state index contributed by atoms with van der Waals surface area (Å²) in [5, 5.41) is 12.6. The first-order valence-electron chi connectivity index (χ1n) is 9.53.